The highest BCUT2D eigenvalue weighted by Crippen LogP contribution is 2.30. The average molecular weight is 402 g/mol. The molecule has 0 bridgehead atoms. The number of hydrogen-bond acceptors (Lipinski definition) is 5. The van der Waals surface area contributed by atoms with Crippen LogP contribution < -0.4 is 9.64 Å². The SMILES string of the molecule is COc1ccc2c(c1)ncn2-c1ccc2cccc(N3CCC(N(C)C)CC3)c2n1. The standard InChI is InChI=1S/C24H27N5O/c1-27(2)18-11-13-28(14-12-18)22-6-4-5-17-7-10-23(26-24(17)22)29-16-25-20-15-19(30-3)8-9-21(20)29/h4-10,15-16,18H,11-14H2,1-3H3. The molecule has 30 heavy (non-hydrogen) atoms. The lowest BCUT2D eigenvalue weighted by molar-refractivity contribution is 0.250. The Morgan fingerprint density at radius 2 is 1.87 bits per heavy atom. The predicted molar refractivity (Wildman–Crippen MR) is 122 cm³/mol. The molecule has 6 heteroatoms. The van der Waals surface area contributed by atoms with Gasteiger partial charge in [-0.1, -0.05) is 12.1 Å². The zero-order valence-corrected chi connectivity index (χ0v) is 17.7. The van der Waals surface area contributed by atoms with Crippen LogP contribution in [0.2, 0.25) is 0 Å². The molecule has 0 atom stereocenters. The van der Waals surface area contributed by atoms with Crippen molar-refractivity contribution in [3.8, 4) is 11.6 Å². The first kappa shape index (κ1) is 18.9. The van der Waals surface area contributed by atoms with Crippen LogP contribution in [0.3, 0.4) is 0 Å². The Morgan fingerprint density at radius 3 is 2.63 bits per heavy atom. The van der Waals surface area contributed by atoms with Gasteiger partial charge in [-0.2, -0.15) is 0 Å². The number of rotatable bonds is 4. The fourth-order valence-electron chi connectivity index (χ4n) is 4.44. The summed E-state index contributed by atoms with van der Waals surface area (Å²) in [4.78, 5) is 14.5. The number of nitrogens with zero attached hydrogens (tertiary/aromatic N) is 5. The van der Waals surface area contributed by atoms with Gasteiger partial charge in [0.05, 0.1) is 29.3 Å². The quantitative estimate of drug-likeness (QED) is 0.515. The second kappa shape index (κ2) is 7.61. The average Bonchev–Trinajstić information content (AvgIpc) is 3.21. The molecule has 6 nitrogen and oxygen atoms in total. The summed E-state index contributed by atoms with van der Waals surface area (Å²) in [6.07, 6.45) is 4.19. The van der Waals surface area contributed by atoms with E-state index in [2.05, 4.69) is 59.2 Å². The molecule has 154 valence electrons. The minimum absolute atomic E-state index is 0.661. The summed E-state index contributed by atoms with van der Waals surface area (Å²) in [5, 5.41) is 1.16. The maximum atomic E-state index is 5.33. The maximum absolute atomic E-state index is 5.33. The Hall–Kier alpha value is -3.12. The van der Waals surface area contributed by atoms with E-state index in [1.807, 2.05) is 29.1 Å². The highest BCUT2D eigenvalue weighted by Gasteiger charge is 2.22. The molecule has 0 amide bonds. The van der Waals surface area contributed by atoms with E-state index < -0.39 is 0 Å². The van der Waals surface area contributed by atoms with Gasteiger partial charge in [-0.3, -0.25) is 4.57 Å². The highest BCUT2D eigenvalue weighted by atomic mass is 16.5. The van der Waals surface area contributed by atoms with Gasteiger partial charge < -0.3 is 14.5 Å². The Kier molecular flexibility index (Phi) is 4.79. The maximum Gasteiger partial charge on any atom is 0.139 e. The summed E-state index contributed by atoms with van der Waals surface area (Å²) in [7, 11) is 6.03. The van der Waals surface area contributed by atoms with Crippen molar-refractivity contribution in [2.45, 2.75) is 18.9 Å². The monoisotopic (exact) mass is 401 g/mol. The lowest BCUT2D eigenvalue weighted by Crippen LogP contribution is -2.42. The van der Waals surface area contributed by atoms with Crippen LogP contribution in [0.4, 0.5) is 5.69 Å². The van der Waals surface area contributed by atoms with Gasteiger partial charge in [0.15, 0.2) is 0 Å². The first-order chi connectivity index (χ1) is 14.6. The summed E-state index contributed by atoms with van der Waals surface area (Å²) < 4.78 is 7.37. The zero-order chi connectivity index (χ0) is 20.7. The van der Waals surface area contributed by atoms with Gasteiger partial charge >= 0.3 is 0 Å². The molecule has 2 aromatic heterocycles. The van der Waals surface area contributed by atoms with Gasteiger partial charge in [0.25, 0.3) is 0 Å². The molecule has 0 aliphatic carbocycles. The second-order valence-corrected chi connectivity index (χ2v) is 8.17. The summed E-state index contributed by atoms with van der Waals surface area (Å²) in [5.74, 6) is 1.69. The molecule has 1 aliphatic heterocycles. The fraction of sp³-hybridized carbons (Fsp3) is 0.333. The van der Waals surface area contributed by atoms with E-state index in [1.165, 1.54) is 18.5 Å². The third-order valence-corrected chi connectivity index (χ3v) is 6.22. The molecule has 1 fully saturated rings. The van der Waals surface area contributed by atoms with E-state index in [0.29, 0.717) is 6.04 Å². The molecule has 1 saturated heterocycles. The van der Waals surface area contributed by atoms with Crippen LogP contribution >= 0.6 is 0 Å². The highest BCUT2D eigenvalue weighted by molar-refractivity contribution is 5.92. The molecule has 0 radical (unpaired) electrons. The van der Waals surface area contributed by atoms with E-state index in [9.17, 15) is 0 Å². The first-order valence-corrected chi connectivity index (χ1v) is 10.5. The van der Waals surface area contributed by atoms with Crippen molar-refractivity contribution in [3.05, 3.63) is 54.9 Å². The molecular weight excluding hydrogens is 374 g/mol. The van der Waals surface area contributed by atoms with Gasteiger partial charge in [0.2, 0.25) is 0 Å². The normalized spacial score (nSPS) is 15.4. The van der Waals surface area contributed by atoms with Crippen molar-refractivity contribution in [2.24, 2.45) is 0 Å². The lowest BCUT2D eigenvalue weighted by Gasteiger charge is -2.36. The van der Waals surface area contributed by atoms with Gasteiger partial charge in [-0.05, 0) is 57.3 Å². The number of piperidine rings is 1. The molecule has 3 heterocycles. The van der Waals surface area contributed by atoms with Crippen LogP contribution in [0.5, 0.6) is 5.75 Å². The summed E-state index contributed by atoms with van der Waals surface area (Å²) in [5.41, 5.74) is 4.19. The number of aromatic nitrogens is 3. The molecule has 5 rings (SSSR count). The number of pyridine rings is 1. The smallest absolute Gasteiger partial charge is 0.139 e. The van der Waals surface area contributed by atoms with Gasteiger partial charge in [0, 0.05) is 30.6 Å². The van der Waals surface area contributed by atoms with Crippen molar-refractivity contribution in [1.82, 2.24) is 19.4 Å². The summed E-state index contributed by atoms with van der Waals surface area (Å²) in [6.45, 7) is 2.11. The summed E-state index contributed by atoms with van der Waals surface area (Å²) >= 11 is 0. The molecule has 1 aliphatic rings. The lowest BCUT2D eigenvalue weighted by atomic mass is 10.0. The van der Waals surface area contributed by atoms with Crippen molar-refractivity contribution in [1.29, 1.82) is 0 Å². The van der Waals surface area contributed by atoms with Crippen LogP contribution in [-0.4, -0.2) is 59.8 Å². The van der Waals surface area contributed by atoms with Crippen molar-refractivity contribution < 1.29 is 4.74 Å². The minimum atomic E-state index is 0.661. The number of fused-ring (bicyclic) bond motifs is 2. The van der Waals surface area contributed by atoms with E-state index in [4.69, 9.17) is 9.72 Å². The van der Waals surface area contributed by atoms with Gasteiger partial charge in [0.1, 0.15) is 17.9 Å². The number of imidazole rings is 1. The third kappa shape index (κ3) is 3.27. The van der Waals surface area contributed by atoms with Crippen LogP contribution in [0.15, 0.2) is 54.9 Å². The van der Waals surface area contributed by atoms with Crippen molar-refractivity contribution in [3.63, 3.8) is 0 Å². The predicted octanol–water partition coefficient (Wildman–Crippen LogP) is 4.11. The van der Waals surface area contributed by atoms with E-state index in [1.54, 1.807) is 7.11 Å². The molecule has 2 aromatic carbocycles. The number of anilines is 1. The molecule has 4 aromatic rings. The van der Waals surface area contributed by atoms with E-state index in [0.717, 1.165) is 46.6 Å². The number of benzene rings is 2. The summed E-state index contributed by atoms with van der Waals surface area (Å²) in [6, 6.07) is 17.3. The topological polar surface area (TPSA) is 46.4 Å². The fourth-order valence-corrected chi connectivity index (χ4v) is 4.44. The molecule has 0 spiro atoms. The largest absolute Gasteiger partial charge is 0.497 e. The van der Waals surface area contributed by atoms with Crippen LogP contribution in [0.1, 0.15) is 12.8 Å². The molecule has 0 saturated carbocycles. The second-order valence-electron chi connectivity index (χ2n) is 8.17. The van der Waals surface area contributed by atoms with Crippen LogP contribution in [0.25, 0.3) is 27.8 Å². The number of hydrogen-bond donors (Lipinski definition) is 0. The Balaban J connectivity index is 1.54. The zero-order valence-electron chi connectivity index (χ0n) is 17.7. The van der Waals surface area contributed by atoms with Crippen LogP contribution in [-0.2, 0) is 0 Å². The van der Waals surface area contributed by atoms with Crippen LogP contribution in [0, 0.1) is 0 Å². The number of ether oxygens (including phenoxy) is 1. The van der Waals surface area contributed by atoms with E-state index in [-0.39, 0.29) is 0 Å². The molecule has 0 N–H and O–H groups in total. The Bertz CT molecular complexity index is 1190. The van der Waals surface area contributed by atoms with E-state index >= 15 is 0 Å². The third-order valence-electron chi connectivity index (χ3n) is 6.22. The molecule has 0 unspecified atom stereocenters. The minimum Gasteiger partial charge on any atom is -0.497 e. The molecular formula is C24H27N5O. The van der Waals surface area contributed by atoms with Gasteiger partial charge in [-0.15, -0.1) is 0 Å². The van der Waals surface area contributed by atoms with Crippen molar-refractivity contribution in [2.75, 3.05) is 39.2 Å². The Labute approximate surface area is 176 Å². The Morgan fingerprint density at radius 1 is 1.03 bits per heavy atom. The number of methoxy groups -OCH3 is 1. The van der Waals surface area contributed by atoms with Gasteiger partial charge in [-0.25, -0.2) is 9.97 Å². The number of para-hydroxylation sites is 1. The first-order valence-electron chi connectivity index (χ1n) is 10.5. The van der Waals surface area contributed by atoms with Crippen molar-refractivity contribution >= 4 is 27.6 Å².